The summed E-state index contributed by atoms with van der Waals surface area (Å²) in [5.74, 6) is 5.73. The first-order valence-electron chi connectivity index (χ1n) is 6.62. The summed E-state index contributed by atoms with van der Waals surface area (Å²) in [6.45, 7) is 8.03. The Hall–Kier alpha value is -1.39. The van der Waals surface area contributed by atoms with E-state index in [1.54, 1.807) is 6.92 Å². The largest absolute Gasteiger partial charge is 0.350 e. The number of carbonyl (C=O) groups is 1. The Morgan fingerprint density at radius 3 is 2.67 bits per heavy atom. The van der Waals surface area contributed by atoms with Crippen molar-refractivity contribution in [1.29, 1.82) is 0 Å². The van der Waals surface area contributed by atoms with Gasteiger partial charge in [-0.1, -0.05) is 24.2 Å². The second-order valence-electron chi connectivity index (χ2n) is 5.45. The maximum absolute atomic E-state index is 11.8. The molecule has 1 aromatic heterocycles. The summed E-state index contributed by atoms with van der Waals surface area (Å²) >= 11 is 0.893. The Labute approximate surface area is 130 Å². The first-order valence-corrected chi connectivity index (χ1v) is 9.09. The minimum atomic E-state index is -3.35. The third kappa shape index (κ3) is 5.86. The second-order valence-corrected chi connectivity index (χ2v) is 8.93. The molecule has 0 radical (unpaired) electrons. The van der Waals surface area contributed by atoms with Crippen LogP contribution in [0.4, 0.5) is 0 Å². The third-order valence-electron chi connectivity index (χ3n) is 2.35. The van der Waals surface area contributed by atoms with E-state index < -0.39 is 9.84 Å². The molecule has 0 fully saturated rings. The second kappa shape index (κ2) is 7.05. The van der Waals surface area contributed by atoms with Crippen LogP contribution < -0.4 is 5.32 Å². The number of thiazole rings is 1. The minimum absolute atomic E-state index is 0.0114. The lowest BCUT2D eigenvalue weighted by Gasteiger charge is -2.06. The molecule has 1 aromatic rings. The average Bonchev–Trinajstić information content (AvgIpc) is 2.87. The highest BCUT2D eigenvalue weighted by Gasteiger charge is 2.19. The highest BCUT2D eigenvalue weighted by molar-refractivity contribution is 7.93. The van der Waals surface area contributed by atoms with E-state index in [0.29, 0.717) is 17.8 Å². The molecule has 116 valence electrons. The fourth-order valence-corrected chi connectivity index (χ4v) is 3.44. The molecule has 0 saturated heterocycles. The molecule has 1 amide bonds. The van der Waals surface area contributed by atoms with Gasteiger partial charge in [-0.2, -0.15) is 0 Å². The van der Waals surface area contributed by atoms with Crippen LogP contribution in [0.1, 0.15) is 43.8 Å². The monoisotopic (exact) mass is 328 g/mol. The van der Waals surface area contributed by atoms with Gasteiger partial charge in [0.2, 0.25) is 14.2 Å². The van der Waals surface area contributed by atoms with Gasteiger partial charge in [-0.3, -0.25) is 4.79 Å². The Kier molecular flexibility index (Phi) is 5.93. The van der Waals surface area contributed by atoms with Gasteiger partial charge in [0.15, 0.2) is 0 Å². The summed E-state index contributed by atoms with van der Waals surface area (Å²) < 4.78 is 23.2. The van der Waals surface area contributed by atoms with Gasteiger partial charge in [0, 0.05) is 18.4 Å². The van der Waals surface area contributed by atoms with E-state index >= 15 is 0 Å². The zero-order valence-electron chi connectivity index (χ0n) is 12.7. The highest BCUT2D eigenvalue weighted by Crippen LogP contribution is 2.19. The van der Waals surface area contributed by atoms with Crippen LogP contribution in [0.25, 0.3) is 0 Å². The van der Waals surface area contributed by atoms with Crippen LogP contribution in [0.2, 0.25) is 0 Å². The van der Waals surface area contributed by atoms with Crippen molar-refractivity contribution in [3.63, 3.8) is 0 Å². The number of amides is 1. The number of rotatable bonds is 5. The van der Waals surface area contributed by atoms with Crippen molar-refractivity contribution in [3.05, 3.63) is 11.1 Å². The Balaban J connectivity index is 2.56. The van der Waals surface area contributed by atoms with E-state index in [-0.39, 0.29) is 21.4 Å². The molecule has 0 spiro atoms. The van der Waals surface area contributed by atoms with Crippen molar-refractivity contribution >= 4 is 27.1 Å². The molecule has 1 rings (SSSR count). The molecule has 0 aromatic carbocycles. The summed E-state index contributed by atoms with van der Waals surface area (Å²) in [6.07, 6.45) is 1.85. The number of nitrogens with zero attached hydrogens (tertiary/aromatic N) is 1. The summed E-state index contributed by atoms with van der Waals surface area (Å²) in [5, 5.41) is 2.70. The molecule has 0 bridgehead atoms. The van der Waals surface area contributed by atoms with Crippen molar-refractivity contribution in [2.45, 2.75) is 38.5 Å². The van der Waals surface area contributed by atoms with Gasteiger partial charge in [-0.15, -0.1) is 5.92 Å². The number of hydrogen-bond donors (Lipinski definition) is 1. The fraction of sp³-hybridized carbons (Fsp3) is 0.571. The first kappa shape index (κ1) is 17.7. The van der Waals surface area contributed by atoms with Gasteiger partial charge in [-0.25, -0.2) is 13.4 Å². The summed E-state index contributed by atoms with van der Waals surface area (Å²) in [6, 6.07) is 0. The van der Waals surface area contributed by atoms with E-state index in [2.05, 4.69) is 22.1 Å². The van der Waals surface area contributed by atoms with Crippen LogP contribution in [-0.4, -0.2) is 31.6 Å². The van der Waals surface area contributed by atoms with Crippen molar-refractivity contribution < 1.29 is 13.2 Å². The van der Waals surface area contributed by atoms with Crippen molar-refractivity contribution in [3.8, 4) is 11.8 Å². The van der Waals surface area contributed by atoms with Crippen LogP contribution in [0.3, 0.4) is 0 Å². The van der Waals surface area contributed by atoms with Crippen LogP contribution in [0, 0.1) is 17.3 Å². The lowest BCUT2D eigenvalue weighted by Crippen LogP contribution is -2.23. The number of sulfone groups is 1. The molecule has 0 aliphatic heterocycles. The summed E-state index contributed by atoms with van der Waals surface area (Å²) in [5.41, 5.74) is -0.0505. The number of aromatic nitrogens is 1. The average molecular weight is 328 g/mol. The van der Waals surface area contributed by atoms with Crippen LogP contribution in [0.15, 0.2) is 10.5 Å². The SMILES string of the molecule is CCS(=O)(=O)c1ncc(C(=O)NCCC#CC(C)(C)C)s1. The van der Waals surface area contributed by atoms with E-state index in [9.17, 15) is 13.2 Å². The molecule has 5 nitrogen and oxygen atoms in total. The third-order valence-corrected chi connectivity index (χ3v) is 5.55. The lowest BCUT2D eigenvalue weighted by atomic mass is 9.98. The zero-order valence-corrected chi connectivity index (χ0v) is 14.3. The topological polar surface area (TPSA) is 76.1 Å². The van der Waals surface area contributed by atoms with Gasteiger partial charge in [0.05, 0.1) is 11.9 Å². The molecule has 0 unspecified atom stereocenters. The van der Waals surface area contributed by atoms with Crippen molar-refractivity contribution in [1.82, 2.24) is 10.3 Å². The number of nitrogens with one attached hydrogen (secondary N) is 1. The number of carbonyl (C=O) groups excluding carboxylic acids is 1. The predicted octanol–water partition coefficient (Wildman–Crippen LogP) is 2.11. The molecule has 0 aliphatic rings. The Bertz CT molecular complexity index is 658. The van der Waals surface area contributed by atoms with Crippen LogP contribution in [-0.2, 0) is 9.84 Å². The molecule has 21 heavy (non-hydrogen) atoms. The molecule has 7 heteroatoms. The van der Waals surface area contributed by atoms with Crippen LogP contribution in [0.5, 0.6) is 0 Å². The predicted molar refractivity (Wildman–Crippen MR) is 84.0 cm³/mol. The minimum Gasteiger partial charge on any atom is -0.350 e. The molecule has 0 atom stereocenters. The molecule has 1 N–H and O–H groups in total. The number of hydrogen-bond acceptors (Lipinski definition) is 5. The van der Waals surface area contributed by atoms with E-state index in [1.807, 2.05) is 20.8 Å². The molecule has 0 saturated carbocycles. The van der Waals surface area contributed by atoms with Gasteiger partial charge in [0.25, 0.3) is 5.91 Å². The van der Waals surface area contributed by atoms with Crippen molar-refractivity contribution in [2.75, 3.05) is 12.3 Å². The smallest absolute Gasteiger partial charge is 0.263 e. The van der Waals surface area contributed by atoms with Gasteiger partial charge >= 0.3 is 0 Å². The lowest BCUT2D eigenvalue weighted by molar-refractivity contribution is 0.0958. The normalized spacial score (nSPS) is 11.6. The molecular formula is C14H20N2O3S2. The van der Waals surface area contributed by atoms with Gasteiger partial charge in [-0.05, 0) is 20.8 Å². The van der Waals surface area contributed by atoms with Gasteiger partial charge in [0.1, 0.15) is 4.88 Å². The van der Waals surface area contributed by atoms with Crippen LogP contribution >= 0.6 is 11.3 Å². The summed E-state index contributed by atoms with van der Waals surface area (Å²) in [7, 11) is -3.35. The van der Waals surface area contributed by atoms with E-state index in [1.165, 1.54) is 6.20 Å². The summed E-state index contributed by atoms with van der Waals surface area (Å²) in [4.78, 5) is 15.9. The Morgan fingerprint density at radius 2 is 2.10 bits per heavy atom. The zero-order chi connectivity index (χ0) is 16.1. The maximum Gasteiger partial charge on any atom is 0.263 e. The van der Waals surface area contributed by atoms with Crippen molar-refractivity contribution in [2.24, 2.45) is 5.41 Å². The quantitative estimate of drug-likeness (QED) is 0.663. The first-order chi connectivity index (χ1) is 9.65. The van der Waals surface area contributed by atoms with E-state index in [0.717, 1.165) is 11.3 Å². The molecular weight excluding hydrogens is 308 g/mol. The maximum atomic E-state index is 11.8. The van der Waals surface area contributed by atoms with E-state index in [4.69, 9.17) is 0 Å². The molecule has 1 heterocycles. The van der Waals surface area contributed by atoms with Gasteiger partial charge < -0.3 is 5.32 Å². The standard InChI is InChI=1S/C14H20N2O3S2/c1-5-21(18,19)13-16-10-11(20-13)12(17)15-9-7-6-8-14(2,3)4/h10H,5,7,9H2,1-4H3,(H,15,17). The molecule has 0 aliphatic carbocycles. The highest BCUT2D eigenvalue weighted by atomic mass is 32.2. The Morgan fingerprint density at radius 1 is 1.43 bits per heavy atom. The fourth-order valence-electron chi connectivity index (χ4n) is 1.28.